The SMILES string of the molecule is NS(=O)(=O)c1cscc1CC(=O)O. The van der Waals surface area contributed by atoms with Gasteiger partial charge in [0.1, 0.15) is 0 Å². The van der Waals surface area contributed by atoms with E-state index in [2.05, 4.69) is 0 Å². The summed E-state index contributed by atoms with van der Waals surface area (Å²) >= 11 is 1.11. The van der Waals surface area contributed by atoms with Gasteiger partial charge in [-0.05, 0) is 10.9 Å². The average Bonchev–Trinajstić information content (AvgIpc) is 2.31. The second-order valence-electron chi connectivity index (χ2n) is 2.38. The van der Waals surface area contributed by atoms with Crippen molar-refractivity contribution in [1.82, 2.24) is 0 Å². The van der Waals surface area contributed by atoms with Crippen LogP contribution in [-0.2, 0) is 21.2 Å². The van der Waals surface area contributed by atoms with Crippen molar-refractivity contribution in [2.24, 2.45) is 5.14 Å². The number of thiophene rings is 1. The molecule has 0 saturated heterocycles. The summed E-state index contributed by atoms with van der Waals surface area (Å²) in [6.45, 7) is 0. The number of aliphatic carboxylic acids is 1. The van der Waals surface area contributed by atoms with Gasteiger partial charge >= 0.3 is 5.97 Å². The Morgan fingerprint density at radius 1 is 1.54 bits per heavy atom. The van der Waals surface area contributed by atoms with E-state index in [9.17, 15) is 13.2 Å². The quantitative estimate of drug-likeness (QED) is 0.752. The second kappa shape index (κ2) is 3.44. The molecule has 0 unspecified atom stereocenters. The smallest absolute Gasteiger partial charge is 0.307 e. The van der Waals surface area contributed by atoms with Crippen molar-refractivity contribution in [2.75, 3.05) is 0 Å². The molecular weight excluding hydrogens is 214 g/mol. The van der Waals surface area contributed by atoms with Gasteiger partial charge in [0, 0.05) is 5.38 Å². The fraction of sp³-hybridized carbons (Fsp3) is 0.167. The lowest BCUT2D eigenvalue weighted by molar-refractivity contribution is -0.136. The Morgan fingerprint density at radius 2 is 2.15 bits per heavy atom. The molecule has 0 fully saturated rings. The van der Waals surface area contributed by atoms with Gasteiger partial charge in [-0.2, -0.15) is 11.3 Å². The Bertz CT molecular complexity index is 420. The van der Waals surface area contributed by atoms with Crippen LogP contribution >= 0.6 is 11.3 Å². The van der Waals surface area contributed by atoms with Gasteiger partial charge in [-0.3, -0.25) is 4.79 Å². The number of nitrogens with two attached hydrogens (primary N) is 1. The van der Waals surface area contributed by atoms with Crippen LogP contribution in [0.25, 0.3) is 0 Å². The van der Waals surface area contributed by atoms with Crippen LogP contribution in [0.4, 0.5) is 0 Å². The van der Waals surface area contributed by atoms with E-state index in [1.165, 1.54) is 10.8 Å². The maximum Gasteiger partial charge on any atom is 0.307 e. The van der Waals surface area contributed by atoms with Crippen LogP contribution < -0.4 is 5.14 Å². The molecule has 1 rings (SSSR count). The van der Waals surface area contributed by atoms with Gasteiger partial charge in [0.2, 0.25) is 10.0 Å². The molecule has 0 radical (unpaired) electrons. The molecule has 0 aromatic carbocycles. The third kappa shape index (κ3) is 2.51. The number of carboxylic acids is 1. The molecule has 1 aromatic heterocycles. The fourth-order valence-corrected chi connectivity index (χ4v) is 2.85. The van der Waals surface area contributed by atoms with Crippen LogP contribution in [0.3, 0.4) is 0 Å². The highest BCUT2D eigenvalue weighted by Crippen LogP contribution is 2.19. The standard InChI is InChI=1S/C6H7NO4S2/c7-13(10,11)5-3-12-2-4(5)1-6(8)9/h2-3H,1H2,(H,8,9)(H2,7,10,11). The van der Waals surface area contributed by atoms with Crippen LogP contribution in [0.1, 0.15) is 5.56 Å². The van der Waals surface area contributed by atoms with Crippen LogP contribution in [0, 0.1) is 0 Å². The van der Waals surface area contributed by atoms with Crippen molar-refractivity contribution in [3.8, 4) is 0 Å². The minimum absolute atomic E-state index is 0.0973. The molecule has 0 aliphatic rings. The number of rotatable bonds is 3. The average molecular weight is 221 g/mol. The Hall–Kier alpha value is -0.920. The molecule has 0 bridgehead atoms. The molecule has 0 saturated carbocycles. The normalized spacial score (nSPS) is 11.5. The highest BCUT2D eigenvalue weighted by atomic mass is 32.2. The fourth-order valence-electron chi connectivity index (χ4n) is 0.853. The number of carboxylic acid groups (broad SMARTS) is 1. The van der Waals surface area contributed by atoms with Gasteiger partial charge in [0.15, 0.2) is 0 Å². The van der Waals surface area contributed by atoms with Gasteiger partial charge in [-0.1, -0.05) is 0 Å². The van der Waals surface area contributed by atoms with Crippen molar-refractivity contribution in [1.29, 1.82) is 0 Å². The van der Waals surface area contributed by atoms with Gasteiger partial charge in [-0.15, -0.1) is 0 Å². The molecule has 0 spiro atoms. The van der Waals surface area contributed by atoms with Crippen molar-refractivity contribution in [3.63, 3.8) is 0 Å². The maximum absolute atomic E-state index is 10.9. The third-order valence-electron chi connectivity index (χ3n) is 1.35. The zero-order chi connectivity index (χ0) is 10.1. The molecule has 1 aromatic rings. The number of carbonyl (C=O) groups is 1. The van der Waals surface area contributed by atoms with Gasteiger partial charge in [0.25, 0.3) is 0 Å². The van der Waals surface area contributed by atoms with Crippen LogP contribution in [0.2, 0.25) is 0 Å². The van der Waals surface area contributed by atoms with Crippen LogP contribution in [-0.4, -0.2) is 19.5 Å². The van der Waals surface area contributed by atoms with Crippen LogP contribution in [0.15, 0.2) is 15.7 Å². The summed E-state index contributed by atoms with van der Waals surface area (Å²) in [5.41, 5.74) is 0.236. The van der Waals surface area contributed by atoms with Crippen molar-refractivity contribution < 1.29 is 18.3 Å². The Labute approximate surface area is 78.9 Å². The van der Waals surface area contributed by atoms with E-state index < -0.39 is 16.0 Å². The van der Waals surface area contributed by atoms with E-state index in [-0.39, 0.29) is 16.9 Å². The molecule has 7 heteroatoms. The molecule has 0 atom stereocenters. The summed E-state index contributed by atoms with van der Waals surface area (Å²) < 4.78 is 21.8. The summed E-state index contributed by atoms with van der Waals surface area (Å²) in [5, 5.41) is 16.1. The van der Waals surface area contributed by atoms with Crippen molar-refractivity contribution in [2.45, 2.75) is 11.3 Å². The topological polar surface area (TPSA) is 97.5 Å². The molecule has 3 N–H and O–H groups in total. The van der Waals surface area contributed by atoms with E-state index in [0.29, 0.717) is 0 Å². The summed E-state index contributed by atoms with van der Waals surface area (Å²) in [7, 11) is -3.79. The first-order valence-electron chi connectivity index (χ1n) is 3.21. The second-order valence-corrected chi connectivity index (χ2v) is 4.65. The Balaban J connectivity index is 3.11. The summed E-state index contributed by atoms with van der Waals surface area (Å²) in [6.07, 6.45) is -0.324. The minimum Gasteiger partial charge on any atom is -0.481 e. The number of sulfonamides is 1. The highest BCUT2D eigenvalue weighted by molar-refractivity contribution is 7.89. The van der Waals surface area contributed by atoms with E-state index >= 15 is 0 Å². The first-order chi connectivity index (χ1) is 5.91. The predicted octanol–water partition coefficient (Wildman–Crippen LogP) is 0.0226. The lowest BCUT2D eigenvalue weighted by Crippen LogP contribution is -2.14. The van der Waals surface area contributed by atoms with E-state index in [4.69, 9.17) is 10.2 Å². The van der Waals surface area contributed by atoms with E-state index in [1.807, 2.05) is 0 Å². The van der Waals surface area contributed by atoms with Crippen molar-refractivity contribution >= 4 is 27.3 Å². The molecule has 72 valence electrons. The highest BCUT2D eigenvalue weighted by Gasteiger charge is 2.16. The van der Waals surface area contributed by atoms with Crippen LogP contribution in [0.5, 0.6) is 0 Å². The van der Waals surface area contributed by atoms with E-state index in [0.717, 1.165) is 11.3 Å². The lowest BCUT2D eigenvalue weighted by atomic mass is 10.2. The number of hydrogen-bond acceptors (Lipinski definition) is 4. The molecular formula is C6H7NO4S2. The molecule has 13 heavy (non-hydrogen) atoms. The molecule has 0 amide bonds. The molecule has 5 nitrogen and oxygen atoms in total. The van der Waals surface area contributed by atoms with Gasteiger partial charge in [0.05, 0.1) is 11.3 Å². The largest absolute Gasteiger partial charge is 0.481 e. The van der Waals surface area contributed by atoms with Gasteiger partial charge < -0.3 is 5.11 Å². The molecule has 0 aliphatic carbocycles. The number of hydrogen-bond donors (Lipinski definition) is 2. The minimum atomic E-state index is -3.79. The first-order valence-corrected chi connectivity index (χ1v) is 5.70. The maximum atomic E-state index is 10.9. The van der Waals surface area contributed by atoms with Crippen molar-refractivity contribution in [3.05, 3.63) is 16.3 Å². The Kier molecular flexibility index (Phi) is 2.69. The molecule has 1 heterocycles. The summed E-state index contributed by atoms with van der Waals surface area (Å²) in [4.78, 5) is 10.2. The number of primary sulfonamides is 1. The first kappa shape index (κ1) is 10.2. The third-order valence-corrected chi connectivity index (χ3v) is 3.28. The van der Waals surface area contributed by atoms with E-state index in [1.54, 1.807) is 0 Å². The lowest BCUT2D eigenvalue weighted by Gasteiger charge is -1.97. The molecule has 0 aliphatic heterocycles. The zero-order valence-electron chi connectivity index (χ0n) is 6.43. The monoisotopic (exact) mass is 221 g/mol. The Morgan fingerprint density at radius 3 is 2.62 bits per heavy atom. The van der Waals surface area contributed by atoms with Gasteiger partial charge in [-0.25, -0.2) is 13.6 Å². The predicted molar refractivity (Wildman–Crippen MR) is 47.0 cm³/mol. The summed E-state index contributed by atoms with van der Waals surface area (Å²) in [6, 6.07) is 0. The zero-order valence-corrected chi connectivity index (χ0v) is 8.06. The summed E-state index contributed by atoms with van der Waals surface area (Å²) in [5.74, 6) is -1.08.